The summed E-state index contributed by atoms with van der Waals surface area (Å²) < 4.78 is 2.05. The van der Waals surface area contributed by atoms with E-state index in [-0.39, 0.29) is 6.61 Å². The van der Waals surface area contributed by atoms with E-state index in [1.165, 1.54) is 5.56 Å². The average molecular weight is 244 g/mol. The van der Waals surface area contributed by atoms with Crippen LogP contribution in [0.15, 0.2) is 24.3 Å². The highest BCUT2D eigenvalue weighted by Gasteiger charge is 2.12. The lowest BCUT2D eigenvalue weighted by atomic mass is 10.1. The maximum Gasteiger partial charge on any atom is 0.111 e. The van der Waals surface area contributed by atoms with Crippen molar-refractivity contribution in [3.05, 3.63) is 41.3 Å². The van der Waals surface area contributed by atoms with Crippen molar-refractivity contribution in [3.63, 3.8) is 0 Å². The Morgan fingerprint density at radius 3 is 2.44 bits per heavy atom. The second-order valence-corrected chi connectivity index (χ2v) is 4.55. The number of aliphatic hydroxyl groups is 1. The maximum absolute atomic E-state index is 9.03. The van der Waals surface area contributed by atoms with E-state index in [9.17, 15) is 0 Å². The molecule has 2 aromatic rings. The molecule has 0 saturated heterocycles. The summed E-state index contributed by atoms with van der Waals surface area (Å²) in [5, 5.41) is 9.03. The lowest BCUT2D eigenvalue weighted by molar-refractivity contribution is 0.295. The second-order valence-electron chi connectivity index (χ2n) is 4.55. The molecule has 3 nitrogen and oxygen atoms in total. The minimum atomic E-state index is 0.137. The summed E-state index contributed by atoms with van der Waals surface area (Å²) in [6.45, 7) is 4.36. The van der Waals surface area contributed by atoms with Gasteiger partial charge in [-0.25, -0.2) is 4.98 Å². The zero-order chi connectivity index (χ0) is 13.1. The van der Waals surface area contributed by atoms with Crippen LogP contribution in [-0.2, 0) is 19.9 Å². The first-order valence-electron chi connectivity index (χ1n) is 6.39. The Morgan fingerprint density at radius 1 is 1.22 bits per heavy atom. The zero-order valence-corrected chi connectivity index (χ0v) is 11.3. The summed E-state index contributed by atoms with van der Waals surface area (Å²) in [6.07, 6.45) is 1.65. The van der Waals surface area contributed by atoms with Crippen molar-refractivity contribution < 1.29 is 5.11 Å². The third-order valence-corrected chi connectivity index (χ3v) is 3.44. The molecule has 18 heavy (non-hydrogen) atoms. The maximum atomic E-state index is 9.03. The number of nitrogens with zero attached hydrogens (tertiary/aromatic N) is 2. The van der Waals surface area contributed by atoms with Gasteiger partial charge in [-0.2, -0.15) is 0 Å². The summed E-state index contributed by atoms with van der Waals surface area (Å²) in [4.78, 5) is 4.63. The van der Waals surface area contributed by atoms with Gasteiger partial charge in [-0.15, -0.1) is 0 Å². The van der Waals surface area contributed by atoms with Crippen LogP contribution < -0.4 is 0 Å². The standard InChI is InChI=1S/C15H20N2O/c1-4-12-5-7-13(8-6-12)15-11(2)17(3)14(16-15)9-10-18/h5-8,18H,4,9-10H2,1-3H3. The highest BCUT2D eigenvalue weighted by molar-refractivity contribution is 5.62. The SMILES string of the molecule is CCc1ccc(-c2nc(CCO)n(C)c2C)cc1. The van der Waals surface area contributed by atoms with E-state index in [0.717, 1.165) is 29.2 Å². The van der Waals surface area contributed by atoms with Crippen LogP contribution in [-0.4, -0.2) is 21.3 Å². The number of rotatable bonds is 4. The largest absolute Gasteiger partial charge is 0.396 e. The Hall–Kier alpha value is -1.61. The zero-order valence-electron chi connectivity index (χ0n) is 11.3. The van der Waals surface area contributed by atoms with E-state index in [0.29, 0.717) is 6.42 Å². The third-order valence-electron chi connectivity index (χ3n) is 3.44. The van der Waals surface area contributed by atoms with E-state index in [4.69, 9.17) is 5.11 Å². The fourth-order valence-electron chi connectivity index (χ4n) is 2.13. The van der Waals surface area contributed by atoms with Gasteiger partial charge in [-0.05, 0) is 18.9 Å². The highest BCUT2D eigenvalue weighted by atomic mass is 16.3. The van der Waals surface area contributed by atoms with Gasteiger partial charge < -0.3 is 9.67 Å². The molecule has 0 fully saturated rings. The number of hydrogen-bond acceptors (Lipinski definition) is 2. The first-order chi connectivity index (χ1) is 8.67. The van der Waals surface area contributed by atoms with E-state index in [1.807, 2.05) is 7.05 Å². The Bertz CT molecular complexity index is 526. The molecule has 1 aromatic carbocycles. The molecule has 0 spiro atoms. The molecule has 0 radical (unpaired) electrons. The molecular weight excluding hydrogens is 224 g/mol. The van der Waals surface area contributed by atoms with E-state index >= 15 is 0 Å². The molecule has 1 N–H and O–H groups in total. The molecule has 3 heteroatoms. The molecular formula is C15H20N2O. The average Bonchev–Trinajstić information content (AvgIpc) is 2.68. The Morgan fingerprint density at radius 2 is 1.89 bits per heavy atom. The molecule has 1 heterocycles. The summed E-state index contributed by atoms with van der Waals surface area (Å²) in [5.41, 5.74) is 4.64. The van der Waals surface area contributed by atoms with Crippen LogP contribution in [0.1, 0.15) is 24.0 Å². The normalized spacial score (nSPS) is 10.9. The predicted molar refractivity (Wildman–Crippen MR) is 73.5 cm³/mol. The van der Waals surface area contributed by atoms with Gasteiger partial charge >= 0.3 is 0 Å². The fraction of sp³-hybridized carbons (Fsp3) is 0.400. The molecule has 0 amide bonds. The van der Waals surface area contributed by atoms with Crippen molar-refractivity contribution in [1.82, 2.24) is 9.55 Å². The van der Waals surface area contributed by atoms with Crippen molar-refractivity contribution >= 4 is 0 Å². The van der Waals surface area contributed by atoms with Crippen LogP contribution in [0.25, 0.3) is 11.3 Å². The molecule has 0 aliphatic rings. The topological polar surface area (TPSA) is 38.1 Å². The van der Waals surface area contributed by atoms with Crippen LogP contribution in [0.3, 0.4) is 0 Å². The lowest BCUT2D eigenvalue weighted by Crippen LogP contribution is -2.01. The van der Waals surface area contributed by atoms with Crippen LogP contribution in [0.5, 0.6) is 0 Å². The fourth-order valence-corrected chi connectivity index (χ4v) is 2.13. The minimum Gasteiger partial charge on any atom is -0.396 e. The van der Waals surface area contributed by atoms with Gasteiger partial charge in [0.15, 0.2) is 0 Å². The molecule has 0 aliphatic carbocycles. The van der Waals surface area contributed by atoms with E-state index in [2.05, 4.69) is 47.7 Å². The van der Waals surface area contributed by atoms with E-state index in [1.54, 1.807) is 0 Å². The molecule has 2 rings (SSSR count). The molecule has 0 atom stereocenters. The lowest BCUT2D eigenvalue weighted by Gasteiger charge is -2.02. The molecule has 0 unspecified atom stereocenters. The number of aryl methyl sites for hydroxylation is 1. The number of aromatic nitrogens is 2. The van der Waals surface area contributed by atoms with Crippen molar-refractivity contribution in [2.24, 2.45) is 7.05 Å². The van der Waals surface area contributed by atoms with Gasteiger partial charge in [0.2, 0.25) is 0 Å². The minimum absolute atomic E-state index is 0.137. The summed E-state index contributed by atoms with van der Waals surface area (Å²) in [6, 6.07) is 8.54. The molecule has 96 valence electrons. The number of imidazole rings is 1. The number of aliphatic hydroxyl groups excluding tert-OH is 1. The van der Waals surface area contributed by atoms with Crippen LogP contribution in [0, 0.1) is 6.92 Å². The summed E-state index contributed by atoms with van der Waals surface area (Å²) in [5.74, 6) is 0.935. The molecule has 0 bridgehead atoms. The van der Waals surface area contributed by atoms with Gasteiger partial charge in [0.05, 0.1) is 12.3 Å². The van der Waals surface area contributed by atoms with Crippen molar-refractivity contribution in [2.45, 2.75) is 26.7 Å². The quantitative estimate of drug-likeness (QED) is 0.897. The van der Waals surface area contributed by atoms with Crippen LogP contribution in [0.4, 0.5) is 0 Å². The Kier molecular flexibility index (Phi) is 3.82. The second kappa shape index (κ2) is 5.36. The van der Waals surface area contributed by atoms with Gasteiger partial charge in [0.25, 0.3) is 0 Å². The first kappa shape index (κ1) is 12.8. The number of hydrogen-bond donors (Lipinski definition) is 1. The van der Waals surface area contributed by atoms with Crippen LogP contribution >= 0.6 is 0 Å². The Balaban J connectivity index is 2.40. The highest BCUT2D eigenvalue weighted by Crippen LogP contribution is 2.23. The van der Waals surface area contributed by atoms with Crippen molar-refractivity contribution in [1.29, 1.82) is 0 Å². The third kappa shape index (κ3) is 2.31. The van der Waals surface area contributed by atoms with E-state index < -0.39 is 0 Å². The summed E-state index contributed by atoms with van der Waals surface area (Å²) in [7, 11) is 2.00. The Labute approximate surface area is 108 Å². The van der Waals surface area contributed by atoms with Gasteiger partial charge in [-0.3, -0.25) is 0 Å². The van der Waals surface area contributed by atoms with Crippen LogP contribution in [0.2, 0.25) is 0 Å². The van der Waals surface area contributed by atoms with Crippen molar-refractivity contribution in [3.8, 4) is 11.3 Å². The summed E-state index contributed by atoms with van der Waals surface area (Å²) >= 11 is 0. The molecule has 0 saturated carbocycles. The van der Waals surface area contributed by atoms with Gasteiger partial charge in [0.1, 0.15) is 5.82 Å². The van der Waals surface area contributed by atoms with Gasteiger partial charge in [-0.1, -0.05) is 31.2 Å². The monoisotopic (exact) mass is 244 g/mol. The van der Waals surface area contributed by atoms with Gasteiger partial charge in [0, 0.05) is 24.7 Å². The smallest absolute Gasteiger partial charge is 0.111 e. The first-order valence-corrected chi connectivity index (χ1v) is 6.39. The predicted octanol–water partition coefficient (Wildman–Crippen LogP) is 2.49. The number of benzene rings is 1. The molecule has 0 aliphatic heterocycles. The van der Waals surface area contributed by atoms with Crippen molar-refractivity contribution in [2.75, 3.05) is 6.61 Å². The molecule has 1 aromatic heterocycles.